The fourth-order valence-corrected chi connectivity index (χ4v) is 4.63. The molecular weight excluding hydrogens is 427 g/mol. The number of esters is 1. The summed E-state index contributed by atoms with van der Waals surface area (Å²) in [5, 5.41) is 16.7. The van der Waals surface area contributed by atoms with E-state index in [0.29, 0.717) is 44.8 Å². The lowest BCUT2D eigenvalue weighted by Crippen LogP contribution is -2.40. The average molecular weight is 455 g/mol. The van der Waals surface area contributed by atoms with E-state index in [9.17, 15) is 14.0 Å². The van der Waals surface area contributed by atoms with Crippen molar-refractivity contribution in [3.63, 3.8) is 0 Å². The molecule has 0 bridgehead atoms. The smallest absolute Gasteiger partial charge is 0.338 e. The zero-order chi connectivity index (χ0) is 23.4. The molecule has 174 valence electrons. The van der Waals surface area contributed by atoms with Crippen LogP contribution >= 0.6 is 0 Å². The number of aromatic nitrogens is 2. The number of benzene rings is 1. The number of amides is 1. The third kappa shape index (κ3) is 4.91. The average Bonchev–Trinajstić information content (AvgIpc) is 3.10. The number of rotatable bonds is 6. The number of carbonyl (C=O) groups excluding carboxylic acids is 2. The summed E-state index contributed by atoms with van der Waals surface area (Å²) < 4.78 is 26.2. The number of hydrogen-bond donors (Lipinski definition) is 1. The number of ether oxygens (including phenoxy) is 2. The highest BCUT2D eigenvalue weighted by Crippen LogP contribution is 2.37. The predicted octanol–water partition coefficient (Wildman–Crippen LogP) is 2.79. The number of nitrogens with zero attached hydrogens (tertiary/aromatic N) is 3. The first kappa shape index (κ1) is 22.9. The number of carbonyl (C=O) groups is 2. The van der Waals surface area contributed by atoms with Crippen molar-refractivity contribution in [2.75, 3.05) is 26.4 Å². The van der Waals surface area contributed by atoms with Gasteiger partial charge in [-0.25, -0.2) is 9.18 Å². The fraction of sp³-hybridized carbons (Fsp3) is 0.500. The zero-order valence-electron chi connectivity index (χ0n) is 18.7. The molecule has 1 amide bonds. The second kappa shape index (κ2) is 9.71. The molecule has 0 radical (unpaired) electrons. The standard InChI is InChI=1S/C24H27FN4O4/c1-2-29-21-19(13-24(15-27-22(21)30)5-8-32-9-6-24)20(28-29)4-3-7-33-23(31)17-10-16(14-26)11-18(25)12-17/h10-12H,2-9,13,15H2,1H3,(H,27,30). The molecule has 1 saturated heterocycles. The fourth-order valence-electron chi connectivity index (χ4n) is 4.63. The van der Waals surface area contributed by atoms with Crippen molar-refractivity contribution in [2.45, 2.75) is 45.6 Å². The lowest BCUT2D eigenvalue weighted by Gasteiger charge is -2.36. The summed E-state index contributed by atoms with van der Waals surface area (Å²) >= 11 is 0. The first-order valence-electron chi connectivity index (χ1n) is 11.3. The van der Waals surface area contributed by atoms with Crippen LogP contribution in [0.2, 0.25) is 0 Å². The number of fused-ring (bicyclic) bond motifs is 1. The van der Waals surface area contributed by atoms with Crippen molar-refractivity contribution in [1.82, 2.24) is 15.1 Å². The Kier molecular flexibility index (Phi) is 6.75. The quantitative estimate of drug-likeness (QED) is 0.531. The van der Waals surface area contributed by atoms with Crippen LogP contribution in [0.5, 0.6) is 0 Å². The van der Waals surface area contributed by atoms with E-state index in [4.69, 9.17) is 14.7 Å². The van der Waals surface area contributed by atoms with Crippen LogP contribution < -0.4 is 5.32 Å². The summed E-state index contributed by atoms with van der Waals surface area (Å²) in [5.74, 6) is -1.43. The largest absolute Gasteiger partial charge is 0.462 e. The van der Waals surface area contributed by atoms with Gasteiger partial charge in [0.25, 0.3) is 5.91 Å². The van der Waals surface area contributed by atoms with E-state index in [1.165, 1.54) is 6.07 Å². The lowest BCUT2D eigenvalue weighted by molar-refractivity contribution is 0.0160. The van der Waals surface area contributed by atoms with Gasteiger partial charge in [0.15, 0.2) is 0 Å². The van der Waals surface area contributed by atoms with Crippen LogP contribution in [0.1, 0.15) is 63.9 Å². The summed E-state index contributed by atoms with van der Waals surface area (Å²) in [6.45, 7) is 4.66. The Morgan fingerprint density at radius 3 is 2.88 bits per heavy atom. The molecule has 4 rings (SSSR count). The maximum Gasteiger partial charge on any atom is 0.338 e. The van der Waals surface area contributed by atoms with Crippen molar-refractivity contribution in [1.29, 1.82) is 5.26 Å². The Hall–Kier alpha value is -3.25. The van der Waals surface area contributed by atoms with Gasteiger partial charge in [0.2, 0.25) is 0 Å². The summed E-state index contributed by atoms with van der Waals surface area (Å²) in [6.07, 6.45) is 3.60. The van der Waals surface area contributed by atoms with Crippen LogP contribution in [-0.2, 0) is 28.9 Å². The monoisotopic (exact) mass is 454 g/mol. The van der Waals surface area contributed by atoms with Gasteiger partial charge in [-0.3, -0.25) is 9.48 Å². The predicted molar refractivity (Wildman–Crippen MR) is 116 cm³/mol. The maximum atomic E-state index is 13.6. The SMILES string of the molecule is CCn1nc(CCCOC(=O)c2cc(F)cc(C#N)c2)c2c1C(=O)NCC1(CCOCC1)C2. The Morgan fingerprint density at radius 2 is 2.15 bits per heavy atom. The van der Waals surface area contributed by atoms with Gasteiger partial charge in [-0.15, -0.1) is 0 Å². The minimum absolute atomic E-state index is 0.00816. The molecule has 2 aromatic rings. The number of nitriles is 1. The van der Waals surface area contributed by atoms with Gasteiger partial charge < -0.3 is 14.8 Å². The normalized spacial score (nSPS) is 17.1. The molecule has 2 aliphatic rings. The van der Waals surface area contributed by atoms with E-state index in [1.54, 1.807) is 4.68 Å². The van der Waals surface area contributed by atoms with Crippen LogP contribution in [0, 0.1) is 22.6 Å². The molecule has 2 aliphatic heterocycles. The molecular formula is C24H27FN4O4. The van der Waals surface area contributed by atoms with Crippen molar-refractivity contribution in [2.24, 2.45) is 5.41 Å². The van der Waals surface area contributed by atoms with Gasteiger partial charge in [-0.05, 0) is 62.6 Å². The minimum atomic E-state index is -0.676. The van der Waals surface area contributed by atoms with Crippen molar-refractivity contribution < 1.29 is 23.5 Å². The van der Waals surface area contributed by atoms with Gasteiger partial charge in [0.05, 0.1) is 29.5 Å². The van der Waals surface area contributed by atoms with Gasteiger partial charge in [-0.2, -0.15) is 10.4 Å². The molecule has 3 heterocycles. The van der Waals surface area contributed by atoms with Gasteiger partial charge >= 0.3 is 5.97 Å². The van der Waals surface area contributed by atoms with E-state index in [0.717, 1.165) is 42.7 Å². The molecule has 8 nitrogen and oxygen atoms in total. The molecule has 9 heteroatoms. The van der Waals surface area contributed by atoms with Crippen molar-refractivity contribution in [3.8, 4) is 6.07 Å². The lowest BCUT2D eigenvalue weighted by atomic mass is 9.75. The summed E-state index contributed by atoms with van der Waals surface area (Å²) in [7, 11) is 0. The molecule has 1 aromatic heterocycles. The second-order valence-corrected chi connectivity index (χ2v) is 8.64. The van der Waals surface area contributed by atoms with E-state index in [2.05, 4.69) is 10.4 Å². The molecule has 1 aromatic carbocycles. The van der Waals surface area contributed by atoms with Crippen molar-refractivity contribution in [3.05, 3.63) is 52.1 Å². The molecule has 0 unspecified atom stereocenters. The topological polar surface area (TPSA) is 106 Å². The van der Waals surface area contributed by atoms with Crippen molar-refractivity contribution >= 4 is 11.9 Å². The molecule has 33 heavy (non-hydrogen) atoms. The molecule has 0 saturated carbocycles. The van der Waals surface area contributed by atoms with E-state index in [1.807, 2.05) is 13.0 Å². The highest BCUT2D eigenvalue weighted by atomic mass is 19.1. The third-order valence-corrected chi connectivity index (χ3v) is 6.43. The number of aryl methyl sites for hydroxylation is 2. The number of hydrogen-bond acceptors (Lipinski definition) is 6. The molecule has 0 atom stereocenters. The Balaban J connectivity index is 1.45. The summed E-state index contributed by atoms with van der Waals surface area (Å²) in [6, 6.07) is 5.25. The molecule has 1 spiro atoms. The highest BCUT2D eigenvalue weighted by Gasteiger charge is 2.39. The molecule has 1 N–H and O–H groups in total. The van der Waals surface area contributed by atoms with Crippen LogP contribution in [0.4, 0.5) is 4.39 Å². The van der Waals surface area contributed by atoms with Crippen LogP contribution in [0.3, 0.4) is 0 Å². The van der Waals surface area contributed by atoms with E-state index >= 15 is 0 Å². The minimum Gasteiger partial charge on any atom is -0.462 e. The summed E-state index contributed by atoms with van der Waals surface area (Å²) in [5.41, 5.74) is 2.49. The second-order valence-electron chi connectivity index (χ2n) is 8.64. The van der Waals surface area contributed by atoms with Crippen LogP contribution in [-0.4, -0.2) is 48.0 Å². The van der Waals surface area contributed by atoms with E-state index < -0.39 is 11.8 Å². The zero-order valence-corrected chi connectivity index (χ0v) is 18.7. The molecule has 0 aliphatic carbocycles. The number of halogens is 1. The van der Waals surface area contributed by atoms with Gasteiger partial charge in [0.1, 0.15) is 11.5 Å². The van der Waals surface area contributed by atoms with Gasteiger partial charge in [0, 0.05) is 31.9 Å². The van der Waals surface area contributed by atoms with Crippen LogP contribution in [0.25, 0.3) is 0 Å². The first-order valence-corrected chi connectivity index (χ1v) is 11.3. The Morgan fingerprint density at radius 1 is 1.36 bits per heavy atom. The molecule has 1 fully saturated rings. The summed E-state index contributed by atoms with van der Waals surface area (Å²) in [4.78, 5) is 25.1. The van der Waals surface area contributed by atoms with Crippen LogP contribution in [0.15, 0.2) is 18.2 Å². The third-order valence-electron chi connectivity index (χ3n) is 6.43. The Bertz CT molecular complexity index is 1100. The maximum absolute atomic E-state index is 13.6. The van der Waals surface area contributed by atoms with Gasteiger partial charge in [-0.1, -0.05) is 0 Å². The highest BCUT2D eigenvalue weighted by molar-refractivity contribution is 5.94. The van der Waals surface area contributed by atoms with E-state index in [-0.39, 0.29) is 29.1 Å². The number of nitrogens with one attached hydrogen (secondary N) is 1. The Labute approximate surface area is 191 Å². The first-order chi connectivity index (χ1) is 15.9.